The second-order valence-corrected chi connectivity index (χ2v) is 21.6. The quantitative estimate of drug-likeness (QED) is 0.0535. The maximum absolute atomic E-state index is 14.9. The van der Waals surface area contributed by atoms with Gasteiger partial charge in [0, 0.05) is 85.6 Å². The van der Waals surface area contributed by atoms with Crippen molar-refractivity contribution in [3.05, 3.63) is 98.9 Å². The number of pyridine rings is 1. The minimum Gasteiger partial charge on any atom is -0.758 e. The van der Waals surface area contributed by atoms with E-state index >= 15 is 0 Å². The van der Waals surface area contributed by atoms with Crippen LogP contribution in [0, 0.1) is 22.4 Å². The summed E-state index contributed by atoms with van der Waals surface area (Å²) in [6, 6.07) is 18.7. The number of likely N-dealkylation sites (tertiary alicyclic amines) is 1. The molecule has 0 unspecified atom stereocenters. The second kappa shape index (κ2) is 19.4. The van der Waals surface area contributed by atoms with Crippen molar-refractivity contribution in [3.8, 4) is 17.4 Å². The lowest BCUT2D eigenvalue weighted by Gasteiger charge is -2.57. The van der Waals surface area contributed by atoms with E-state index in [2.05, 4.69) is 79.3 Å². The van der Waals surface area contributed by atoms with Crippen molar-refractivity contribution in [1.29, 1.82) is 0 Å². The van der Waals surface area contributed by atoms with Crippen molar-refractivity contribution in [2.24, 2.45) is 11.3 Å². The topological polar surface area (TPSA) is 153 Å². The van der Waals surface area contributed by atoms with Crippen LogP contribution in [0.4, 0.5) is 21.5 Å². The normalized spacial score (nSPS) is 23.1. The number of aromatic amines is 1. The van der Waals surface area contributed by atoms with Gasteiger partial charge in [0.05, 0.1) is 35.0 Å². The molecule has 5 heterocycles. The Morgan fingerprint density at radius 2 is 1.83 bits per heavy atom. The molecular formula is C54H66FN8O5S-. The summed E-state index contributed by atoms with van der Waals surface area (Å²) in [7, 11) is 2.95. The number of hydrogen-bond acceptors (Lipinski definition) is 12. The first-order chi connectivity index (χ1) is 33.3. The van der Waals surface area contributed by atoms with E-state index < -0.39 is 17.3 Å². The molecule has 69 heavy (non-hydrogen) atoms. The van der Waals surface area contributed by atoms with Gasteiger partial charge in [-0.15, -0.1) is 0 Å². The van der Waals surface area contributed by atoms with E-state index in [1.807, 2.05) is 31.3 Å². The van der Waals surface area contributed by atoms with Crippen LogP contribution in [-0.2, 0) is 0 Å². The van der Waals surface area contributed by atoms with Crippen LogP contribution < -0.4 is 45.2 Å². The van der Waals surface area contributed by atoms with E-state index in [4.69, 9.17) is 9.47 Å². The third-order valence-electron chi connectivity index (χ3n) is 15.8. The molecule has 2 saturated carbocycles. The molecule has 13 nitrogen and oxygen atoms in total. The van der Waals surface area contributed by atoms with E-state index in [0.29, 0.717) is 58.5 Å². The zero-order valence-electron chi connectivity index (χ0n) is 40.5. The Hall–Kier alpha value is -5.48. The molecular weight excluding hydrogens is 892 g/mol. The summed E-state index contributed by atoms with van der Waals surface area (Å²) in [6.07, 6.45) is 14.5. The predicted molar refractivity (Wildman–Crippen MR) is 274 cm³/mol. The Labute approximate surface area is 408 Å². The number of nitrogens with zero attached hydrogens (tertiary/aromatic N) is 4. The van der Waals surface area contributed by atoms with Gasteiger partial charge in [-0.2, -0.15) is 4.98 Å². The number of hydrogen-bond donors (Lipinski definition) is 5. The number of piperidine rings is 1. The van der Waals surface area contributed by atoms with Gasteiger partial charge in [0.25, 0.3) is 11.8 Å². The lowest BCUT2D eigenvalue weighted by atomic mass is 9.70. The largest absolute Gasteiger partial charge is 0.758 e. The lowest BCUT2D eigenvalue weighted by Crippen LogP contribution is -2.63. The van der Waals surface area contributed by atoms with Crippen LogP contribution >= 0.6 is 11.9 Å². The van der Waals surface area contributed by atoms with Gasteiger partial charge >= 0.3 is 0 Å². The minimum atomic E-state index is -0.627. The summed E-state index contributed by atoms with van der Waals surface area (Å²) in [5.41, 5.74) is 5.41. The predicted octanol–water partition coefficient (Wildman–Crippen LogP) is 8.71. The van der Waals surface area contributed by atoms with Crippen LogP contribution in [0.2, 0.25) is 0 Å². The number of aliphatic hydroxyl groups is 1. The first-order valence-corrected chi connectivity index (χ1v) is 25.7. The Bertz CT molecular complexity index is 2830. The highest BCUT2D eigenvalue weighted by molar-refractivity contribution is 7.98. The zero-order valence-corrected chi connectivity index (χ0v) is 41.3. The van der Waals surface area contributed by atoms with E-state index in [0.717, 1.165) is 104 Å². The molecule has 3 aliphatic heterocycles. The third kappa shape index (κ3) is 9.59. The number of H-pyrrole nitrogens is 1. The Morgan fingerprint density at radius 3 is 2.58 bits per heavy atom. The van der Waals surface area contributed by atoms with Crippen LogP contribution in [0.25, 0.3) is 23.3 Å². The van der Waals surface area contributed by atoms with Crippen molar-refractivity contribution in [2.75, 3.05) is 68.7 Å². The Balaban J connectivity index is 0.876. The highest BCUT2D eigenvalue weighted by atomic mass is 32.2. The molecule has 2 atom stereocenters. The summed E-state index contributed by atoms with van der Waals surface area (Å²) in [5, 5.41) is 33.4. The molecule has 3 aromatic carbocycles. The second-order valence-electron chi connectivity index (χ2n) is 20.8. The van der Waals surface area contributed by atoms with E-state index in [9.17, 15) is 19.5 Å². The van der Waals surface area contributed by atoms with Crippen molar-refractivity contribution in [1.82, 2.24) is 24.9 Å². The molecule has 1 spiro atoms. The van der Waals surface area contributed by atoms with Crippen LogP contribution in [0.1, 0.15) is 112 Å². The number of methoxy groups -OCH3 is 1. The van der Waals surface area contributed by atoms with Crippen molar-refractivity contribution in [2.45, 2.75) is 107 Å². The number of carbonyl (C=O) groups is 1. The van der Waals surface area contributed by atoms with Crippen LogP contribution in [0.15, 0.2) is 65.7 Å². The summed E-state index contributed by atoms with van der Waals surface area (Å²) in [6.45, 7) is 11.8. The average molecular weight is 958 g/mol. The number of ether oxygens (including phenoxy) is 2. The number of nitrogens with one attached hydrogen (secondary N) is 4. The van der Waals surface area contributed by atoms with Gasteiger partial charge in [-0.05, 0) is 135 Å². The van der Waals surface area contributed by atoms with Gasteiger partial charge in [0.15, 0.2) is 5.75 Å². The number of aromatic nitrogens is 2. The monoisotopic (exact) mass is 957 g/mol. The van der Waals surface area contributed by atoms with E-state index in [1.54, 1.807) is 17.7 Å². The van der Waals surface area contributed by atoms with Gasteiger partial charge in [0.2, 0.25) is 0 Å². The lowest BCUT2D eigenvalue weighted by molar-refractivity contribution is -0.0493. The smallest absolute Gasteiger partial charge is 0.265 e. The number of halogens is 1. The number of fused-ring (bicyclic) bond motifs is 2. The summed E-state index contributed by atoms with van der Waals surface area (Å²) >= 11 is 1.14. The highest BCUT2D eigenvalue weighted by Gasteiger charge is 2.49. The minimum absolute atomic E-state index is 0.146. The summed E-state index contributed by atoms with van der Waals surface area (Å²) in [4.78, 5) is 27.6. The van der Waals surface area contributed by atoms with Gasteiger partial charge in [-0.25, -0.2) is 4.39 Å². The molecule has 0 bridgehead atoms. The molecule has 15 heteroatoms. The molecule has 5 N–H and O–H groups in total. The maximum atomic E-state index is 14.9. The average Bonchev–Trinajstić information content (AvgIpc) is 3.98. The first kappa shape index (κ1) is 47.2. The molecule has 5 aliphatic rings. The number of amides is 1. The third-order valence-corrected chi connectivity index (χ3v) is 16.6. The fourth-order valence-corrected chi connectivity index (χ4v) is 12.6. The first-order valence-electron chi connectivity index (χ1n) is 24.8. The summed E-state index contributed by atoms with van der Waals surface area (Å²) < 4.78 is 30.2. The Morgan fingerprint density at radius 1 is 1.04 bits per heavy atom. The standard InChI is InChI=1S/C54H66FN8O5S/c1-33(2)36-9-6-7-10-37(36)38-11-8-12-44(38)63-31-54(32-63)20-23-62(24-21-54)35-13-14-40(46(25-35)68-47-26-41-43(55)30-58-50(41)59-52(47)67-5)51(64)60-69-48-27-45(61(4)66)49(42-29-56-22-17-39(42)48)57-28-34-15-18-53(3,65)19-16-34/h6-7,9-10,13-14,17,25-27,29-30,33-34,38,44,56-57,65H,8,11-12,15-16,18-24,28,31-32H2,1-5H3,(H,58,59)(H,60,64)/q-1/t34?,38-,44-,53?/m0/s1. The molecule has 0 radical (unpaired) electrons. The van der Waals surface area contributed by atoms with Crippen molar-refractivity contribution in [3.63, 3.8) is 0 Å². The molecule has 2 saturated heterocycles. The number of benzene rings is 3. The van der Waals surface area contributed by atoms with Gasteiger partial charge in [0.1, 0.15) is 17.2 Å². The van der Waals surface area contributed by atoms with Gasteiger partial charge in [-0.3, -0.25) is 14.4 Å². The fourth-order valence-electron chi connectivity index (χ4n) is 11.8. The molecule has 2 aromatic heterocycles. The number of rotatable bonds is 14. The van der Waals surface area contributed by atoms with E-state index in [1.165, 1.54) is 45.2 Å². The van der Waals surface area contributed by atoms with Crippen molar-refractivity contribution >= 4 is 58.2 Å². The van der Waals surface area contributed by atoms with Gasteiger partial charge < -0.3 is 45.4 Å². The SMILES string of the molecule is COc1nc2[nH]cc(F)c2cc1Oc1cc(N2CCC3(CC2)CN([C@H]2CCC[C@H]2c2ccccc2C(C)C)C3)ccc1C(=O)NSc1cc(N(C)[O-])c(NCC2CCC(C)(O)CC2)c2c1=CCNC=2. The number of anilines is 3. The van der Waals surface area contributed by atoms with Crippen LogP contribution in [0.5, 0.6) is 17.4 Å². The van der Waals surface area contributed by atoms with E-state index in [-0.39, 0.29) is 28.3 Å². The highest BCUT2D eigenvalue weighted by Crippen LogP contribution is 2.49. The molecule has 4 fully saturated rings. The molecule has 1 amide bonds. The van der Waals surface area contributed by atoms with Crippen molar-refractivity contribution < 1.29 is 23.8 Å². The number of hydroxylamine groups is 1. The maximum Gasteiger partial charge on any atom is 0.265 e. The summed E-state index contributed by atoms with van der Waals surface area (Å²) in [5.74, 6) is 1.19. The molecule has 366 valence electrons. The molecule has 10 rings (SSSR count). The molecule has 5 aromatic rings. The van der Waals surface area contributed by atoms with Crippen LogP contribution in [-0.4, -0.2) is 91.0 Å². The van der Waals surface area contributed by atoms with Gasteiger partial charge in [-0.1, -0.05) is 50.6 Å². The number of carbonyl (C=O) groups excluding carboxylic acids is 1. The fraction of sp³-hybridized carbons (Fsp3) is 0.481. The molecule has 2 aliphatic carbocycles. The van der Waals surface area contributed by atoms with Crippen LogP contribution in [0.3, 0.4) is 0 Å². The zero-order chi connectivity index (χ0) is 48.0. The Kier molecular flexibility index (Phi) is 13.3.